The first kappa shape index (κ1) is 13.0. The zero-order chi connectivity index (χ0) is 5.98. The molecule has 0 bridgehead atoms. The summed E-state index contributed by atoms with van der Waals surface area (Å²) >= 11 is 1.04. The van der Waals surface area contributed by atoms with Crippen LogP contribution in [0.25, 0.3) is 0 Å². The number of carboxylic acids is 1. The Hall–Kier alpha value is 0.395. The molecule has 0 atom stereocenters. The summed E-state index contributed by atoms with van der Waals surface area (Å²) in [5, 5.41) is 12.6. The Labute approximate surface area is 89.2 Å². The van der Waals surface area contributed by atoms with Crippen LogP contribution in [-0.4, -0.2) is 5.97 Å². The molecule has 0 fully saturated rings. The molecule has 2 radical (unpaired) electrons. The zero-order valence-corrected chi connectivity index (χ0v) is 12.1. The maximum atomic E-state index is 9.94. The Morgan fingerprint density at radius 1 is 1.70 bits per heavy atom. The van der Waals surface area contributed by atoms with Crippen LogP contribution in [0.3, 0.4) is 0 Å². The van der Waals surface area contributed by atoms with Crippen molar-refractivity contribution in [1.82, 2.24) is 0 Å². The van der Waals surface area contributed by atoms with Gasteiger partial charge < -0.3 is 9.90 Å². The summed E-state index contributed by atoms with van der Waals surface area (Å²) in [6.45, 7) is 0. The fourth-order valence-corrected chi connectivity index (χ4v) is 0.833. The van der Waals surface area contributed by atoms with Crippen molar-refractivity contribution in [2.45, 2.75) is 0 Å². The van der Waals surface area contributed by atoms with Gasteiger partial charge in [-0.25, -0.2) is 0 Å². The number of carboxylic acid groups (broad SMARTS) is 1. The first-order chi connectivity index (χ1) is 3.80. The molecule has 50 valence electrons. The summed E-state index contributed by atoms with van der Waals surface area (Å²) in [4.78, 5) is 10.2. The number of thiophene rings is 1. The van der Waals surface area contributed by atoms with Crippen molar-refractivity contribution in [3.05, 3.63) is 22.4 Å². The van der Waals surface area contributed by atoms with E-state index in [0.29, 0.717) is 0 Å². The smallest absolute Gasteiger partial charge is 0.544 e. The summed E-state index contributed by atoms with van der Waals surface area (Å²) in [5.41, 5.74) is 0. The average molecular weight is 363 g/mol. The monoisotopic (exact) mass is 364 g/mol. The largest absolute Gasteiger partial charge is 1.00 e. The van der Waals surface area contributed by atoms with Gasteiger partial charge in [-0.05, 0) is 12.1 Å². The molecule has 10 heavy (non-hydrogen) atoms. The van der Waals surface area contributed by atoms with Crippen LogP contribution in [0.5, 0.6) is 0 Å². The van der Waals surface area contributed by atoms with E-state index in [-0.39, 0.29) is 45.0 Å². The van der Waals surface area contributed by atoms with Crippen LogP contribution in [0.4, 0.5) is 0 Å². The van der Waals surface area contributed by atoms with E-state index < -0.39 is 5.97 Å². The van der Waals surface area contributed by atoms with Crippen LogP contribution in [-0.2, 0) is 27.7 Å². The number of carbonyl (C=O) groups is 1. The van der Waals surface area contributed by atoms with Crippen molar-refractivity contribution in [3.63, 3.8) is 0 Å². The zero-order valence-electron chi connectivity index (χ0n) is 4.99. The van der Waals surface area contributed by atoms with Gasteiger partial charge in [0.15, 0.2) is 0 Å². The van der Waals surface area contributed by atoms with Crippen LogP contribution >= 0.6 is 23.7 Å². The predicted octanol–water partition coefficient (Wildman–Crippen LogP) is 0.331. The maximum absolute atomic E-state index is 9.94. The number of rotatable bonds is 1. The van der Waals surface area contributed by atoms with Gasteiger partial charge >= 0.3 is 27.7 Å². The van der Waals surface area contributed by atoms with E-state index in [9.17, 15) is 9.90 Å². The summed E-state index contributed by atoms with van der Waals surface area (Å²) in [6.07, 6.45) is 0. The second-order valence-electron chi connectivity index (χ2n) is 1.20. The van der Waals surface area contributed by atoms with Gasteiger partial charge in [0.05, 0.1) is 10.8 Å². The molecule has 0 saturated carbocycles. The van der Waals surface area contributed by atoms with E-state index in [2.05, 4.69) is 5.38 Å². The third kappa shape index (κ3) is 3.54. The normalized spacial score (nSPS) is 7.20. The van der Waals surface area contributed by atoms with E-state index in [1.165, 1.54) is 6.07 Å². The molecule has 0 aliphatic carbocycles. The fourth-order valence-electron chi connectivity index (χ4n) is 0.351. The Kier molecular flexibility index (Phi) is 7.98. The Balaban J connectivity index is 0. The van der Waals surface area contributed by atoms with Crippen LogP contribution in [0.1, 0.15) is 9.67 Å². The minimum absolute atomic E-state index is 0. The van der Waals surface area contributed by atoms with Crippen LogP contribution in [0.15, 0.2) is 12.1 Å². The van der Waals surface area contributed by atoms with Gasteiger partial charge in [0.2, 0.25) is 0 Å². The maximum Gasteiger partial charge on any atom is 1.00 e. The van der Waals surface area contributed by atoms with Crippen LogP contribution in [0, 0.1) is 5.38 Å². The molecular weight excluding hydrogens is 360 g/mol. The molecule has 0 amide bonds. The minimum atomic E-state index is -1.13. The Morgan fingerprint density at radius 2 is 2.30 bits per heavy atom. The molecule has 1 rings (SSSR count). The molecule has 0 aliphatic heterocycles. The fraction of sp³-hybridized carbons (Fsp3) is 0. The topological polar surface area (TPSA) is 40.1 Å². The van der Waals surface area contributed by atoms with Crippen molar-refractivity contribution in [2.24, 2.45) is 0 Å². The summed E-state index contributed by atoms with van der Waals surface area (Å²) < 4.78 is 0. The van der Waals surface area contributed by atoms with Crippen molar-refractivity contribution in [1.29, 1.82) is 0 Å². The molecule has 1 heterocycles. The molecule has 5 heteroatoms. The average Bonchev–Trinajstić information content (AvgIpc) is 2.12. The predicted molar refractivity (Wildman–Crippen MR) is 34.7 cm³/mol. The standard InChI is InChI=1S/C5H3O2S.ClH.Hg/c6-5(7)4-2-1-3-8-4;;/h1-2H,(H,6,7);1H;/q;;+1/p-1. The second kappa shape index (κ2) is 6.13. The van der Waals surface area contributed by atoms with Crippen molar-refractivity contribution >= 4 is 29.7 Å². The second-order valence-corrected chi connectivity index (χ2v) is 2.08. The van der Waals surface area contributed by atoms with Crippen molar-refractivity contribution in [3.8, 4) is 0 Å². The van der Waals surface area contributed by atoms with Gasteiger partial charge in [-0.2, -0.15) is 0 Å². The molecule has 0 saturated heterocycles. The van der Waals surface area contributed by atoms with Crippen LogP contribution < -0.4 is 5.11 Å². The molecule has 0 aliphatic rings. The summed E-state index contributed by atoms with van der Waals surface area (Å²) in [7, 11) is 0. The summed E-state index contributed by atoms with van der Waals surface area (Å²) in [5.74, 6) is -1.13. The number of halogens is 1. The molecule has 1 aromatic rings. The van der Waals surface area contributed by atoms with Gasteiger partial charge in [0.25, 0.3) is 0 Å². The molecule has 0 aromatic carbocycles. The van der Waals surface area contributed by atoms with Gasteiger partial charge in [0, 0.05) is 5.38 Å². The number of hydrogen-bond acceptors (Lipinski definition) is 3. The quantitative estimate of drug-likeness (QED) is 0.675. The first-order valence-corrected chi connectivity index (χ1v) is 2.79. The van der Waals surface area contributed by atoms with Crippen molar-refractivity contribution in [2.75, 3.05) is 0 Å². The molecule has 0 N–H and O–H groups in total. The molecule has 1 aromatic heterocycles. The molecule has 0 spiro atoms. The van der Waals surface area contributed by atoms with E-state index in [4.69, 9.17) is 0 Å². The number of aromatic carboxylic acids is 1. The van der Waals surface area contributed by atoms with E-state index in [0.717, 1.165) is 11.3 Å². The first-order valence-electron chi connectivity index (χ1n) is 1.98. The molecule has 2 nitrogen and oxygen atoms in total. The Bertz CT molecular complexity index is 188. The SMILES string of the molecule is Cl.O=C([O-])c1cc[c]s1.[Hg+]. The summed E-state index contributed by atoms with van der Waals surface area (Å²) in [6, 6.07) is 3.01. The van der Waals surface area contributed by atoms with Gasteiger partial charge in [0.1, 0.15) is 0 Å². The van der Waals surface area contributed by atoms with E-state index >= 15 is 0 Å². The van der Waals surface area contributed by atoms with Crippen LogP contribution in [0.2, 0.25) is 0 Å². The molecule has 0 unspecified atom stereocenters. The number of hydrogen-bond donors (Lipinski definition) is 0. The van der Waals surface area contributed by atoms with Gasteiger partial charge in [-0.3, -0.25) is 0 Å². The van der Waals surface area contributed by atoms with E-state index in [1.807, 2.05) is 0 Å². The van der Waals surface area contributed by atoms with E-state index in [1.54, 1.807) is 6.07 Å². The van der Waals surface area contributed by atoms with Crippen molar-refractivity contribution < 1.29 is 37.6 Å². The molecular formula is C5H3ClHgO2S. The van der Waals surface area contributed by atoms with Gasteiger partial charge in [-0.15, -0.1) is 23.7 Å². The Morgan fingerprint density at radius 3 is 2.50 bits per heavy atom. The number of carbonyl (C=O) groups excluding carboxylic acids is 1. The minimum Gasteiger partial charge on any atom is -0.544 e. The van der Waals surface area contributed by atoms with Gasteiger partial charge in [-0.1, -0.05) is 0 Å². The third-order valence-electron chi connectivity index (χ3n) is 0.673. The third-order valence-corrected chi connectivity index (χ3v) is 1.45.